The van der Waals surface area contributed by atoms with Crippen molar-refractivity contribution in [2.24, 2.45) is 0 Å². The maximum atomic E-state index is 16.3. The van der Waals surface area contributed by atoms with Gasteiger partial charge in [0.1, 0.15) is 0 Å². The summed E-state index contributed by atoms with van der Waals surface area (Å²) in [4.78, 5) is 19.1. The summed E-state index contributed by atoms with van der Waals surface area (Å²) in [6.45, 7) is 0. The van der Waals surface area contributed by atoms with Crippen LogP contribution in [0.25, 0.3) is 156 Å². The highest BCUT2D eigenvalue weighted by atomic mass is 19.4. The summed E-state index contributed by atoms with van der Waals surface area (Å²) in [6, 6.07) is 93.0. The van der Waals surface area contributed by atoms with Gasteiger partial charge >= 0.3 is 6.18 Å². The zero-order valence-electron chi connectivity index (χ0n) is 49.1. The molecular formula is C82H50F3N7. The van der Waals surface area contributed by atoms with E-state index in [1.54, 1.807) is 49.1 Å². The van der Waals surface area contributed by atoms with Gasteiger partial charge < -0.3 is 9.13 Å². The van der Waals surface area contributed by atoms with E-state index in [1.165, 1.54) is 6.07 Å². The number of rotatable bonds is 11. The molecule has 10 aromatic carbocycles. The quantitative estimate of drug-likeness (QED) is 0.129. The number of halogens is 3. The Bertz CT molecular complexity index is 4990. The fourth-order valence-electron chi connectivity index (χ4n) is 13.0. The molecule has 0 spiro atoms. The van der Waals surface area contributed by atoms with Crippen LogP contribution in [0.3, 0.4) is 0 Å². The van der Waals surface area contributed by atoms with E-state index in [2.05, 4.69) is 112 Å². The van der Waals surface area contributed by atoms with Gasteiger partial charge in [-0.2, -0.15) is 18.4 Å². The molecule has 0 bridgehead atoms. The first-order valence-corrected chi connectivity index (χ1v) is 30.2. The van der Waals surface area contributed by atoms with Crippen LogP contribution in [0.15, 0.2) is 304 Å². The lowest BCUT2D eigenvalue weighted by atomic mass is 9.93. The maximum Gasteiger partial charge on any atom is 0.417 e. The van der Waals surface area contributed by atoms with Crippen molar-refractivity contribution < 1.29 is 13.2 Å². The first-order valence-electron chi connectivity index (χ1n) is 30.2. The SMILES string of the molecule is N#Cc1cc(-n2c3cc(-c4ccnc(-c5ccccc5)c4)ccc3c3ccc(-c4ccnc(-c5ccccc5)c4)cc32)c(-c2ccccc2C(F)(F)F)c(-n2c3cc(-c4ccnc(-c5ccccc5)c4)ccc3c3ccc(-c4ccnc(-c5ccccc5)c4)cc32)c1. The number of hydrogen-bond acceptors (Lipinski definition) is 5. The van der Waals surface area contributed by atoms with Crippen LogP contribution in [0.5, 0.6) is 0 Å². The van der Waals surface area contributed by atoms with E-state index in [-0.39, 0.29) is 16.7 Å². The van der Waals surface area contributed by atoms with Crippen molar-refractivity contribution in [2.75, 3.05) is 0 Å². The molecule has 10 heteroatoms. The summed E-state index contributed by atoms with van der Waals surface area (Å²) < 4.78 is 53.1. The highest BCUT2D eigenvalue weighted by molar-refractivity contribution is 6.14. The van der Waals surface area contributed by atoms with Crippen molar-refractivity contribution >= 4 is 43.6 Å². The van der Waals surface area contributed by atoms with Gasteiger partial charge in [0.15, 0.2) is 0 Å². The van der Waals surface area contributed by atoms with E-state index >= 15 is 13.2 Å². The van der Waals surface area contributed by atoms with Gasteiger partial charge in [0.05, 0.1) is 73.4 Å². The Labute approximate surface area is 527 Å². The lowest BCUT2D eigenvalue weighted by molar-refractivity contribution is -0.137. The lowest BCUT2D eigenvalue weighted by Gasteiger charge is -2.23. The van der Waals surface area contributed by atoms with Gasteiger partial charge in [-0.05, 0) is 141 Å². The molecule has 0 radical (unpaired) electrons. The predicted molar refractivity (Wildman–Crippen MR) is 365 cm³/mol. The monoisotopic (exact) mass is 1190 g/mol. The Balaban J connectivity index is 1.02. The Morgan fingerprint density at radius 3 is 0.870 bits per heavy atom. The van der Waals surface area contributed by atoms with Crippen molar-refractivity contribution in [3.63, 3.8) is 0 Å². The molecule has 0 N–H and O–H groups in total. The minimum atomic E-state index is -4.81. The standard InChI is InChI=1S/C82H50F3N7/c83-82(84,85)70-24-14-13-23-69(70)81-79(91-75-47-57(61-33-37-87-71(43-61)53-15-5-1-6-16-53)25-29-65(75)66-30-26-58(48-76(66)91)62-34-38-88-72(44-62)54-17-7-2-8-18-54)41-52(51-86)42-80(81)92-77-49-59(63-35-39-89-73(45-63)55-19-9-3-10-20-55)27-31-67(77)68-32-28-60(50-78(68)92)64-36-40-90-74(46-64)56-21-11-4-12-22-56/h1-50H. The maximum absolute atomic E-state index is 16.3. The number of nitriles is 1. The molecule has 0 amide bonds. The number of nitrogens with zero attached hydrogens (tertiary/aromatic N) is 7. The number of alkyl halides is 3. The van der Waals surface area contributed by atoms with Gasteiger partial charge in [-0.15, -0.1) is 0 Å². The normalized spacial score (nSPS) is 11.6. The van der Waals surface area contributed by atoms with Crippen LogP contribution in [-0.2, 0) is 6.18 Å². The molecule has 0 aliphatic heterocycles. The van der Waals surface area contributed by atoms with Gasteiger partial charge in [-0.1, -0.05) is 188 Å². The number of aromatic nitrogens is 6. The molecule has 0 atom stereocenters. The van der Waals surface area contributed by atoms with E-state index in [4.69, 9.17) is 19.9 Å². The largest absolute Gasteiger partial charge is 0.417 e. The Kier molecular flexibility index (Phi) is 13.6. The summed E-state index contributed by atoms with van der Waals surface area (Å²) in [7, 11) is 0. The van der Waals surface area contributed by atoms with E-state index in [0.717, 1.165) is 117 Å². The molecule has 7 nitrogen and oxygen atoms in total. The van der Waals surface area contributed by atoms with Crippen LogP contribution in [0.4, 0.5) is 13.2 Å². The summed E-state index contributed by atoms with van der Waals surface area (Å²) in [6.07, 6.45) is 2.38. The smallest absolute Gasteiger partial charge is 0.308 e. The molecule has 92 heavy (non-hydrogen) atoms. The van der Waals surface area contributed by atoms with Crippen molar-refractivity contribution in [1.82, 2.24) is 29.1 Å². The highest BCUT2D eigenvalue weighted by Crippen LogP contribution is 2.48. The molecule has 0 saturated carbocycles. The summed E-state index contributed by atoms with van der Waals surface area (Å²) >= 11 is 0. The molecule has 0 aliphatic rings. The number of fused-ring (bicyclic) bond motifs is 6. The lowest BCUT2D eigenvalue weighted by Crippen LogP contribution is -2.11. The molecular weight excluding hydrogens is 1140 g/mol. The first-order chi connectivity index (χ1) is 45.2. The second kappa shape index (κ2) is 22.7. The summed E-state index contributed by atoms with van der Waals surface area (Å²) in [5.41, 5.74) is 17.2. The Hall–Kier alpha value is -12.3. The second-order valence-corrected chi connectivity index (χ2v) is 22.8. The van der Waals surface area contributed by atoms with E-state index in [1.807, 2.05) is 146 Å². The Morgan fingerprint density at radius 1 is 0.293 bits per heavy atom. The van der Waals surface area contributed by atoms with Gasteiger partial charge in [-0.3, -0.25) is 19.9 Å². The molecule has 434 valence electrons. The van der Waals surface area contributed by atoms with E-state index < -0.39 is 11.7 Å². The fourth-order valence-corrected chi connectivity index (χ4v) is 13.0. The van der Waals surface area contributed by atoms with Gasteiger partial charge in [-0.25, -0.2) is 0 Å². The molecule has 0 unspecified atom stereocenters. The molecule has 0 saturated heterocycles. The zero-order chi connectivity index (χ0) is 61.9. The third-order valence-electron chi connectivity index (χ3n) is 17.4. The van der Waals surface area contributed by atoms with Crippen molar-refractivity contribution in [2.45, 2.75) is 6.18 Å². The number of hydrogen-bond donors (Lipinski definition) is 0. The molecule has 16 aromatic rings. The molecule has 6 aromatic heterocycles. The summed E-state index contributed by atoms with van der Waals surface area (Å²) in [5.74, 6) is 0. The minimum Gasteiger partial charge on any atom is -0.308 e. The number of pyridine rings is 4. The van der Waals surface area contributed by atoms with Crippen LogP contribution >= 0.6 is 0 Å². The van der Waals surface area contributed by atoms with E-state index in [0.29, 0.717) is 33.4 Å². The van der Waals surface area contributed by atoms with Crippen LogP contribution in [0.1, 0.15) is 11.1 Å². The Morgan fingerprint density at radius 2 is 0.576 bits per heavy atom. The third-order valence-corrected chi connectivity index (χ3v) is 17.4. The van der Waals surface area contributed by atoms with Crippen LogP contribution in [0, 0.1) is 11.3 Å². The molecule has 0 fully saturated rings. The zero-order valence-corrected chi connectivity index (χ0v) is 49.1. The van der Waals surface area contributed by atoms with Crippen molar-refractivity contribution in [3.8, 4) is 118 Å². The van der Waals surface area contributed by atoms with Crippen molar-refractivity contribution in [1.29, 1.82) is 5.26 Å². The topological polar surface area (TPSA) is 85.2 Å². The van der Waals surface area contributed by atoms with Gasteiger partial charge in [0, 0.05) is 74.1 Å². The number of benzene rings is 10. The molecule has 6 heterocycles. The average Bonchev–Trinajstić information content (AvgIpc) is 1.52. The molecule has 0 aliphatic carbocycles. The fraction of sp³-hybridized carbons (Fsp3) is 0.0122. The average molecular weight is 1190 g/mol. The second-order valence-electron chi connectivity index (χ2n) is 22.8. The van der Waals surface area contributed by atoms with Crippen LogP contribution < -0.4 is 0 Å². The third kappa shape index (κ3) is 9.91. The van der Waals surface area contributed by atoms with Gasteiger partial charge in [0.2, 0.25) is 0 Å². The van der Waals surface area contributed by atoms with Crippen LogP contribution in [0.2, 0.25) is 0 Å². The highest BCUT2D eigenvalue weighted by Gasteiger charge is 2.36. The predicted octanol–water partition coefficient (Wildman–Crippen LogP) is 21.4. The molecule has 16 rings (SSSR count). The summed E-state index contributed by atoms with van der Waals surface area (Å²) in [5, 5.41) is 15.0. The first kappa shape index (κ1) is 55.0. The van der Waals surface area contributed by atoms with Crippen LogP contribution in [-0.4, -0.2) is 29.1 Å². The minimum absolute atomic E-state index is 0.0642. The van der Waals surface area contributed by atoms with E-state index in [9.17, 15) is 5.26 Å². The van der Waals surface area contributed by atoms with Gasteiger partial charge in [0.25, 0.3) is 0 Å². The van der Waals surface area contributed by atoms with Crippen molar-refractivity contribution in [3.05, 3.63) is 315 Å².